The minimum Gasteiger partial charge on any atom is -0.308 e. The van der Waals surface area contributed by atoms with Gasteiger partial charge in [-0.25, -0.2) is 4.98 Å². The molecule has 4 nitrogen and oxygen atoms in total. The number of rotatable bonds is 6. The van der Waals surface area contributed by atoms with Crippen molar-refractivity contribution in [3.63, 3.8) is 0 Å². The molecule has 0 N–H and O–H groups in total. The third-order valence-corrected chi connectivity index (χ3v) is 7.99. The molecular formula is C21H20ClN3OS3. The number of fused-ring (bicyclic) bond motifs is 2. The second-order valence-electron chi connectivity index (χ2n) is 6.83. The van der Waals surface area contributed by atoms with Crippen LogP contribution >= 0.6 is 46.0 Å². The number of benzene rings is 2. The fourth-order valence-electron chi connectivity index (χ4n) is 2.99. The van der Waals surface area contributed by atoms with Crippen molar-refractivity contribution < 1.29 is 4.79 Å². The van der Waals surface area contributed by atoms with E-state index >= 15 is 0 Å². The molecule has 0 aliphatic carbocycles. The predicted octanol–water partition coefficient (Wildman–Crippen LogP) is 6.09. The summed E-state index contributed by atoms with van der Waals surface area (Å²) in [5.41, 5.74) is 0.910. The number of amides is 1. The highest BCUT2D eigenvalue weighted by atomic mass is 35.5. The zero-order chi connectivity index (χ0) is 20.5. The summed E-state index contributed by atoms with van der Waals surface area (Å²) < 4.78 is 2.10. The third-order valence-electron chi connectivity index (χ3n) is 4.56. The zero-order valence-corrected chi connectivity index (χ0v) is 19.5. The van der Waals surface area contributed by atoms with Gasteiger partial charge in [0.05, 0.1) is 15.2 Å². The van der Waals surface area contributed by atoms with Gasteiger partial charge in [0.2, 0.25) is 0 Å². The zero-order valence-electron chi connectivity index (χ0n) is 16.3. The maximum atomic E-state index is 13.5. The van der Waals surface area contributed by atoms with Gasteiger partial charge in [-0.3, -0.25) is 9.69 Å². The number of halogens is 1. The number of hydrogen-bond donors (Lipinski definition) is 0. The summed E-state index contributed by atoms with van der Waals surface area (Å²) in [6.07, 6.45) is 2.06. The SMILES string of the molecule is CSc1ccc2nc(N(CCN(C)C)C(=O)c3sc4ccccc4c3Cl)sc2c1. The van der Waals surface area contributed by atoms with Crippen molar-refractivity contribution in [2.45, 2.75) is 4.90 Å². The molecule has 2 aromatic heterocycles. The maximum Gasteiger partial charge on any atom is 0.271 e. The summed E-state index contributed by atoms with van der Waals surface area (Å²) in [6, 6.07) is 14.1. The minimum atomic E-state index is -0.0952. The average molecular weight is 462 g/mol. The van der Waals surface area contributed by atoms with Gasteiger partial charge in [0.1, 0.15) is 4.88 Å². The molecule has 0 spiro atoms. The van der Waals surface area contributed by atoms with Gasteiger partial charge < -0.3 is 4.90 Å². The highest BCUT2D eigenvalue weighted by Gasteiger charge is 2.26. The molecule has 0 atom stereocenters. The van der Waals surface area contributed by atoms with Crippen LogP contribution in [0.3, 0.4) is 0 Å². The Balaban J connectivity index is 1.76. The van der Waals surface area contributed by atoms with Crippen LogP contribution in [0.2, 0.25) is 5.02 Å². The molecule has 0 unspecified atom stereocenters. The van der Waals surface area contributed by atoms with Gasteiger partial charge in [0.25, 0.3) is 5.91 Å². The average Bonchev–Trinajstić information content (AvgIpc) is 3.28. The van der Waals surface area contributed by atoms with Gasteiger partial charge in [-0.1, -0.05) is 41.1 Å². The summed E-state index contributed by atoms with van der Waals surface area (Å²) in [6.45, 7) is 1.28. The van der Waals surface area contributed by atoms with Crippen molar-refractivity contribution in [1.82, 2.24) is 9.88 Å². The Labute approximate surface area is 187 Å². The van der Waals surface area contributed by atoms with Crippen LogP contribution in [0.1, 0.15) is 9.67 Å². The monoisotopic (exact) mass is 461 g/mol. The number of likely N-dealkylation sites (N-methyl/N-ethyl adjacent to an activating group) is 1. The number of thiophene rings is 1. The smallest absolute Gasteiger partial charge is 0.271 e. The third kappa shape index (κ3) is 4.15. The van der Waals surface area contributed by atoms with Gasteiger partial charge in [-0.2, -0.15) is 0 Å². The van der Waals surface area contributed by atoms with E-state index in [0.717, 1.165) is 26.8 Å². The van der Waals surface area contributed by atoms with E-state index in [-0.39, 0.29) is 5.91 Å². The van der Waals surface area contributed by atoms with Crippen LogP contribution in [0.15, 0.2) is 47.4 Å². The summed E-state index contributed by atoms with van der Waals surface area (Å²) in [4.78, 5) is 23.9. The Bertz CT molecular complexity index is 1180. The minimum absolute atomic E-state index is 0.0952. The van der Waals surface area contributed by atoms with E-state index < -0.39 is 0 Å². The topological polar surface area (TPSA) is 36.4 Å². The molecule has 0 saturated heterocycles. The van der Waals surface area contributed by atoms with Crippen molar-refractivity contribution in [3.05, 3.63) is 52.4 Å². The number of carbonyl (C=O) groups excluding carboxylic acids is 1. The van der Waals surface area contributed by atoms with Crippen molar-refractivity contribution in [2.75, 3.05) is 38.3 Å². The molecule has 4 aromatic rings. The number of aromatic nitrogens is 1. The van der Waals surface area contributed by atoms with E-state index in [9.17, 15) is 4.79 Å². The lowest BCUT2D eigenvalue weighted by Crippen LogP contribution is -2.36. The van der Waals surface area contributed by atoms with Crippen LogP contribution in [0.5, 0.6) is 0 Å². The number of carbonyl (C=O) groups is 1. The maximum absolute atomic E-state index is 13.5. The lowest BCUT2D eigenvalue weighted by molar-refractivity contribution is 0.0989. The van der Waals surface area contributed by atoms with Gasteiger partial charge in [0.15, 0.2) is 5.13 Å². The molecular weight excluding hydrogens is 442 g/mol. The predicted molar refractivity (Wildman–Crippen MR) is 128 cm³/mol. The molecule has 2 aromatic carbocycles. The second kappa shape index (κ2) is 8.62. The Morgan fingerprint density at radius 3 is 2.62 bits per heavy atom. The molecule has 29 heavy (non-hydrogen) atoms. The number of nitrogens with zero attached hydrogens (tertiary/aromatic N) is 3. The van der Waals surface area contributed by atoms with E-state index in [0.29, 0.717) is 21.6 Å². The summed E-state index contributed by atoms with van der Waals surface area (Å²) in [7, 11) is 4.00. The fraction of sp³-hybridized carbons (Fsp3) is 0.238. The Morgan fingerprint density at radius 1 is 1.10 bits per heavy atom. The van der Waals surface area contributed by atoms with E-state index in [4.69, 9.17) is 16.6 Å². The van der Waals surface area contributed by atoms with Crippen LogP contribution in [-0.2, 0) is 0 Å². The molecule has 0 aliphatic heterocycles. The standard InChI is InChI=1S/C21H20ClN3OS3/c1-24(2)10-11-25(21-23-15-9-8-13(27-3)12-17(15)29-21)20(26)19-18(22)14-6-4-5-7-16(14)28-19/h4-9,12H,10-11H2,1-3H3. The molecule has 0 aliphatic rings. The number of thioether (sulfide) groups is 1. The first-order valence-electron chi connectivity index (χ1n) is 9.06. The van der Waals surface area contributed by atoms with Gasteiger partial charge >= 0.3 is 0 Å². The van der Waals surface area contributed by atoms with E-state index in [2.05, 4.69) is 23.3 Å². The molecule has 1 amide bonds. The molecule has 0 saturated carbocycles. The quantitative estimate of drug-likeness (QED) is 0.325. The van der Waals surface area contributed by atoms with Crippen molar-refractivity contribution in [2.24, 2.45) is 0 Å². The molecule has 0 bridgehead atoms. The highest BCUT2D eigenvalue weighted by molar-refractivity contribution is 7.98. The Morgan fingerprint density at radius 2 is 1.90 bits per heavy atom. The molecule has 0 fully saturated rings. The summed E-state index contributed by atoms with van der Waals surface area (Å²) >= 11 is 11.3. The molecule has 0 radical (unpaired) electrons. The molecule has 4 rings (SSSR count). The molecule has 8 heteroatoms. The lowest BCUT2D eigenvalue weighted by atomic mass is 10.2. The fourth-order valence-corrected chi connectivity index (χ4v) is 6.00. The van der Waals surface area contributed by atoms with Crippen molar-refractivity contribution in [1.29, 1.82) is 0 Å². The highest BCUT2D eigenvalue weighted by Crippen LogP contribution is 2.38. The van der Waals surface area contributed by atoms with Crippen LogP contribution in [-0.4, -0.2) is 49.2 Å². The van der Waals surface area contributed by atoms with E-state index in [1.807, 2.05) is 44.4 Å². The van der Waals surface area contributed by atoms with E-state index in [1.54, 1.807) is 28.0 Å². The molecule has 2 heterocycles. The van der Waals surface area contributed by atoms with Gasteiger partial charge in [0, 0.05) is 28.1 Å². The van der Waals surface area contributed by atoms with Crippen molar-refractivity contribution >= 4 is 77.4 Å². The summed E-state index contributed by atoms with van der Waals surface area (Å²) in [5, 5.41) is 2.15. The number of hydrogen-bond acceptors (Lipinski definition) is 6. The van der Waals surface area contributed by atoms with Gasteiger partial charge in [-0.15, -0.1) is 23.1 Å². The van der Waals surface area contributed by atoms with Crippen LogP contribution in [0.4, 0.5) is 5.13 Å². The van der Waals surface area contributed by atoms with Crippen LogP contribution in [0.25, 0.3) is 20.3 Å². The molecule has 150 valence electrons. The first-order valence-corrected chi connectivity index (χ1v) is 12.3. The van der Waals surface area contributed by atoms with Crippen LogP contribution in [0, 0.1) is 0 Å². The first kappa shape index (κ1) is 20.6. The van der Waals surface area contributed by atoms with E-state index in [1.165, 1.54) is 16.2 Å². The lowest BCUT2D eigenvalue weighted by Gasteiger charge is -2.21. The van der Waals surface area contributed by atoms with Gasteiger partial charge in [-0.05, 0) is 44.6 Å². The summed E-state index contributed by atoms with van der Waals surface area (Å²) in [5.74, 6) is -0.0952. The number of thiazole rings is 1. The Hall–Kier alpha value is -1.64. The number of anilines is 1. The first-order chi connectivity index (χ1) is 14.0. The second-order valence-corrected chi connectivity index (χ2v) is 10.2. The normalized spacial score (nSPS) is 11.6. The largest absolute Gasteiger partial charge is 0.308 e. The van der Waals surface area contributed by atoms with Crippen molar-refractivity contribution in [3.8, 4) is 0 Å². The Kier molecular flexibility index (Phi) is 6.13. The van der Waals surface area contributed by atoms with Crippen LogP contribution < -0.4 is 4.90 Å².